The first-order chi connectivity index (χ1) is 15.7. The van der Waals surface area contributed by atoms with Crippen molar-refractivity contribution >= 4 is 49.5 Å². The molecule has 2 amide bonds. The number of carbonyl (C=O) groups excluding carboxylic acids is 2. The summed E-state index contributed by atoms with van der Waals surface area (Å²) in [6.07, 6.45) is 3.68. The number of nitrogens with one attached hydrogen (secondary N) is 1. The number of halogens is 1. The van der Waals surface area contributed by atoms with Crippen LogP contribution in [-0.2, 0) is 9.59 Å². The number of benzene rings is 1. The summed E-state index contributed by atoms with van der Waals surface area (Å²) in [7, 11) is 2.70. The number of piperidine rings is 2. The van der Waals surface area contributed by atoms with Gasteiger partial charge < -0.3 is 20.9 Å². The minimum absolute atomic E-state index is 0.0121. The molecule has 2 aliphatic rings. The summed E-state index contributed by atoms with van der Waals surface area (Å²) in [5.74, 6) is 0.0436. The van der Waals surface area contributed by atoms with Crippen LogP contribution >= 0.6 is 20.8 Å². The Morgan fingerprint density at radius 2 is 2.00 bits per heavy atom. The monoisotopic (exact) mass is 488 g/mol. The third-order valence-corrected chi connectivity index (χ3v) is 7.46. The Kier molecular flexibility index (Phi) is 7.05. The van der Waals surface area contributed by atoms with E-state index in [0.717, 1.165) is 40.9 Å². The summed E-state index contributed by atoms with van der Waals surface area (Å²) >= 11 is 6.20. The van der Waals surface area contributed by atoms with Gasteiger partial charge in [-0.3, -0.25) is 9.59 Å². The van der Waals surface area contributed by atoms with Crippen molar-refractivity contribution in [3.05, 3.63) is 40.8 Å². The van der Waals surface area contributed by atoms with Gasteiger partial charge >= 0.3 is 0 Å². The summed E-state index contributed by atoms with van der Waals surface area (Å²) < 4.78 is 0. The van der Waals surface area contributed by atoms with Gasteiger partial charge in [-0.2, -0.15) is 0 Å². The second-order valence-corrected chi connectivity index (χ2v) is 9.91. The maximum Gasteiger partial charge on any atom is 0.245 e. The molecule has 3 heterocycles. The van der Waals surface area contributed by atoms with Gasteiger partial charge in [0.05, 0.1) is 12.0 Å². The number of aryl methyl sites for hydroxylation is 2. The summed E-state index contributed by atoms with van der Waals surface area (Å²) in [6, 6.07) is 5.00. The normalized spacial score (nSPS) is 23.5. The summed E-state index contributed by atoms with van der Waals surface area (Å²) in [4.78, 5) is 38.6. The molecule has 33 heavy (non-hydrogen) atoms. The number of rotatable bonds is 5. The second kappa shape index (κ2) is 9.82. The first-order valence-corrected chi connectivity index (χ1v) is 12.2. The Balaban J connectivity index is 1.57. The number of nitrogens with zero attached hydrogens (tertiary/aromatic N) is 4. The minimum Gasteiger partial charge on any atom is -0.374 e. The van der Waals surface area contributed by atoms with Crippen LogP contribution in [0, 0.1) is 19.8 Å². The fraction of sp³-hybridized carbons (Fsp3) is 0.478. The van der Waals surface area contributed by atoms with Crippen molar-refractivity contribution in [3.63, 3.8) is 0 Å². The molecule has 4 rings (SSSR count). The maximum atomic E-state index is 13.6. The molecule has 0 saturated carbocycles. The lowest BCUT2D eigenvalue weighted by Crippen LogP contribution is -2.61. The number of hydrogen-bond donors (Lipinski definition) is 2. The van der Waals surface area contributed by atoms with Gasteiger partial charge in [-0.1, -0.05) is 20.8 Å². The topological polar surface area (TPSA) is 104 Å². The highest BCUT2D eigenvalue weighted by molar-refractivity contribution is 7.28. The van der Waals surface area contributed by atoms with E-state index in [1.807, 2.05) is 36.9 Å². The number of nitrogens with two attached hydrogens (primary N) is 1. The highest BCUT2D eigenvalue weighted by Crippen LogP contribution is 2.30. The molecule has 0 aliphatic carbocycles. The number of likely N-dealkylation sites (tertiary alicyclic amines) is 1. The fourth-order valence-electron chi connectivity index (χ4n) is 4.88. The van der Waals surface area contributed by atoms with Crippen molar-refractivity contribution in [2.75, 3.05) is 29.9 Å². The highest BCUT2D eigenvalue weighted by atomic mass is 35.5. The first-order valence-electron chi connectivity index (χ1n) is 11.2. The van der Waals surface area contributed by atoms with Gasteiger partial charge in [0.25, 0.3) is 0 Å². The molecule has 2 saturated heterocycles. The van der Waals surface area contributed by atoms with Gasteiger partial charge in [-0.25, -0.2) is 9.97 Å². The molecule has 8 nitrogen and oxygen atoms in total. The number of carbonyl (C=O) groups is 2. The Morgan fingerprint density at radius 1 is 1.21 bits per heavy atom. The maximum absolute atomic E-state index is 13.6. The molecule has 2 aromatic rings. The molecule has 1 aromatic carbocycles. The number of aromatic nitrogens is 2. The lowest BCUT2D eigenvalue weighted by Gasteiger charge is -2.46. The Labute approximate surface area is 201 Å². The van der Waals surface area contributed by atoms with Crippen LogP contribution in [0.15, 0.2) is 24.5 Å². The SMILES string of the molecule is Cc1cc(Cl)cc(NC2CCCN(C3CN(c4ncnc(C)c4P)CC[C@@H]3C(N)=O)C2=O)c1. The van der Waals surface area contributed by atoms with Crippen molar-refractivity contribution < 1.29 is 9.59 Å². The predicted molar refractivity (Wildman–Crippen MR) is 134 cm³/mol. The van der Waals surface area contributed by atoms with Crippen molar-refractivity contribution in [3.8, 4) is 0 Å². The largest absolute Gasteiger partial charge is 0.374 e. The van der Waals surface area contributed by atoms with E-state index in [4.69, 9.17) is 17.3 Å². The van der Waals surface area contributed by atoms with E-state index in [1.54, 1.807) is 6.33 Å². The lowest BCUT2D eigenvalue weighted by molar-refractivity contribution is -0.140. The molecule has 0 bridgehead atoms. The van der Waals surface area contributed by atoms with Crippen molar-refractivity contribution in [1.82, 2.24) is 14.9 Å². The van der Waals surface area contributed by atoms with Crippen molar-refractivity contribution in [1.29, 1.82) is 0 Å². The second-order valence-electron chi connectivity index (χ2n) is 8.90. The van der Waals surface area contributed by atoms with Crippen molar-refractivity contribution in [2.24, 2.45) is 11.7 Å². The molecule has 0 spiro atoms. The van der Waals surface area contributed by atoms with Gasteiger partial charge in [0, 0.05) is 41.3 Å². The van der Waals surface area contributed by atoms with E-state index in [-0.39, 0.29) is 23.9 Å². The predicted octanol–water partition coefficient (Wildman–Crippen LogP) is 2.03. The molecule has 3 N–H and O–H groups in total. The number of primary amides is 1. The molecule has 0 radical (unpaired) electrons. The third kappa shape index (κ3) is 5.07. The molecule has 10 heteroatoms. The number of hydrogen-bond acceptors (Lipinski definition) is 6. The van der Waals surface area contributed by atoms with E-state index in [0.29, 0.717) is 31.1 Å². The smallest absolute Gasteiger partial charge is 0.245 e. The van der Waals surface area contributed by atoms with Crippen LogP contribution in [0.5, 0.6) is 0 Å². The molecule has 1 aromatic heterocycles. The molecule has 2 aliphatic heterocycles. The number of amides is 2. The Bertz CT molecular complexity index is 1050. The molecule has 2 fully saturated rings. The van der Waals surface area contributed by atoms with Crippen LogP contribution in [0.3, 0.4) is 0 Å². The van der Waals surface area contributed by atoms with E-state index in [9.17, 15) is 9.59 Å². The quantitative estimate of drug-likeness (QED) is 0.624. The van der Waals surface area contributed by atoms with Crippen LogP contribution < -0.4 is 21.3 Å². The first kappa shape index (κ1) is 23.7. The zero-order valence-corrected chi connectivity index (χ0v) is 20.8. The summed E-state index contributed by atoms with van der Waals surface area (Å²) in [6.45, 7) is 5.65. The van der Waals surface area contributed by atoms with Crippen LogP contribution in [0.1, 0.15) is 30.5 Å². The average Bonchev–Trinajstić information content (AvgIpc) is 2.76. The Hall–Kier alpha value is -2.44. The van der Waals surface area contributed by atoms with Crippen LogP contribution in [0.4, 0.5) is 11.5 Å². The Morgan fingerprint density at radius 3 is 2.73 bits per heavy atom. The van der Waals surface area contributed by atoms with Gasteiger partial charge in [0.15, 0.2) is 0 Å². The third-order valence-electron chi connectivity index (χ3n) is 6.57. The number of anilines is 2. The molecule has 4 atom stereocenters. The molecular weight excluding hydrogens is 459 g/mol. The van der Waals surface area contributed by atoms with Crippen LogP contribution in [0.2, 0.25) is 5.02 Å². The zero-order chi connectivity index (χ0) is 23.7. The van der Waals surface area contributed by atoms with Gasteiger partial charge in [-0.15, -0.1) is 0 Å². The average molecular weight is 489 g/mol. The van der Waals surface area contributed by atoms with Gasteiger partial charge in [0.1, 0.15) is 18.2 Å². The standard InChI is InChI=1S/C23H30ClN6O2P/c1-13-8-15(24)10-16(9-13)28-18-4-3-6-30(23(18)32)19-11-29(7-5-17(19)21(25)31)22-20(33)14(2)26-12-27-22/h8-10,12,17-19,28H,3-7,11,33H2,1-2H3,(H2,25,31)/t17-,18?,19?/m0/s1. The summed E-state index contributed by atoms with van der Waals surface area (Å²) in [5, 5.41) is 4.91. The van der Waals surface area contributed by atoms with Crippen LogP contribution in [0.25, 0.3) is 0 Å². The van der Waals surface area contributed by atoms with Gasteiger partial charge in [-0.05, 0) is 56.9 Å². The molecular formula is C23H30ClN6O2P. The van der Waals surface area contributed by atoms with Crippen LogP contribution in [-0.4, -0.2) is 58.4 Å². The lowest BCUT2D eigenvalue weighted by atomic mass is 9.87. The van der Waals surface area contributed by atoms with E-state index in [1.165, 1.54) is 0 Å². The fourth-order valence-corrected chi connectivity index (χ4v) is 5.50. The molecule has 3 unspecified atom stereocenters. The summed E-state index contributed by atoms with van der Waals surface area (Å²) in [5.41, 5.74) is 8.51. The zero-order valence-electron chi connectivity index (χ0n) is 18.9. The minimum atomic E-state index is -0.395. The van der Waals surface area contributed by atoms with E-state index in [2.05, 4.69) is 29.4 Å². The van der Waals surface area contributed by atoms with E-state index >= 15 is 0 Å². The van der Waals surface area contributed by atoms with Gasteiger partial charge in [0.2, 0.25) is 11.8 Å². The van der Waals surface area contributed by atoms with Crippen molar-refractivity contribution in [2.45, 2.75) is 45.2 Å². The highest BCUT2D eigenvalue weighted by Gasteiger charge is 2.42. The molecule has 176 valence electrons. The van der Waals surface area contributed by atoms with E-state index < -0.39 is 5.92 Å².